The number of hydrogen-bond donors (Lipinski definition) is 1. The zero-order chi connectivity index (χ0) is 13.7. The number of nitrogen functional groups attached to an aromatic ring is 1. The second-order valence-corrected chi connectivity index (χ2v) is 4.70. The molecule has 2 N–H and O–H groups in total. The molecule has 0 bridgehead atoms. The number of nitrogens with two attached hydrogens (primary N) is 1. The third kappa shape index (κ3) is 4.03. The van der Waals surface area contributed by atoms with E-state index in [1.807, 2.05) is 25.2 Å². The molecule has 19 heavy (non-hydrogen) atoms. The molecule has 1 aromatic heterocycles. The van der Waals surface area contributed by atoms with Crippen LogP contribution in [0.4, 0.5) is 10.1 Å². The minimum absolute atomic E-state index is 0.197. The van der Waals surface area contributed by atoms with E-state index in [1.54, 1.807) is 18.5 Å². The first-order valence-electron chi connectivity index (χ1n) is 6.26. The van der Waals surface area contributed by atoms with E-state index < -0.39 is 0 Å². The van der Waals surface area contributed by atoms with Crippen LogP contribution in [-0.4, -0.2) is 23.5 Å². The topological polar surface area (TPSA) is 42.2 Å². The Morgan fingerprint density at radius 2 is 1.89 bits per heavy atom. The highest BCUT2D eigenvalue weighted by Crippen LogP contribution is 2.13. The highest BCUT2D eigenvalue weighted by molar-refractivity contribution is 5.41. The van der Waals surface area contributed by atoms with E-state index in [1.165, 1.54) is 11.6 Å². The fraction of sp³-hybridized carbons (Fsp3) is 0.267. The van der Waals surface area contributed by atoms with Crippen molar-refractivity contribution in [2.75, 3.05) is 19.3 Å². The van der Waals surface area contributed by atoms with Gasteiger partial charge >= 0.3 is 0 Å². The summed E-state index contributed by atoms with van der Waals surface area (Å²) in [5.74, 6) is -0.347. The summed E-state index contributed by atoms with van der Waals surface area (Å²) < 4.78 is 13.3. The maximum atomic E-state index is 13.3. The summed E-state index contributed by atoms with van der Waals surface area (Å²) in [6.07, 6.45) is 4.55. The molecule has 2 rings (SSSR count). The number of pyridine rings is 1. The van der Waals surface area contributed by atoms with Gasteiger partial charge in [-0.3, -0.25) is 4.98 Å². The van der Waals surface area contributed by atoms with Gasteiger partial charge in [0.15, 0.2) is 0 Å². The first-order chi connectivity index (χ1) is 9.15. The van der Waals surface area contributed by atoms with Crippen LogP contribution in [0.3, 0.4) is 0 Å². The molecule has 0 unspecified atom stereocenters. The molecule has 0 aliphatic rings. The van der Waals surface area contributed by atoms with Crippen LogP contribution in [-0.2, 0) is 13.0 Å². The normalized spacial score (nSPS) is 10.9. The molecule has 100 valence electrons. The Bertz CT molecular complexity index is 528. The van der Waals surface area contributed by atoms with Crippen LogP contribution in [0.2, 0.25) is 0 Å². The highest BCUT2D eigenvalue weighted by Gasteiger charge is 2.04. The van der Waals surface area contributed by atoms with Gasteiger partial charge in [-0.25, -0.2) is 4.39 Å². The van der Waals surface area contributed by atoms with Crippen molar-refractivity contribution in [2.24, 2.45) is 0 Å². The zero-order valence-corrected chi connectivity index (χ0v) is 11.0. The number of benzene rings is 1. The van der Waals surface area contributed by atoms with Crippen LogP contribution < -0.4 is 5.73 Å². The fourth-order valence-electron chi connectivity index (χ4n) is 1.93. The molecule has 0 aliphatic heterocycles. The van der Waals surface area contributed by atoms with Crippen LogP contribution in [0.5, 0.6) is 0 Å². The summed E-state index contributed by atoms with van der Waals surface area (Å²) in [4.78, 5) is 6.15. The van der Waals surface area contributed by atoms with E-state index in [9.17, 15) is 4.39 Å². The lowest BCUT2D eigenvalue weighted by atomic mass is 10.1. The van der Waals surface area contributed by atoms with Gasteiger partial charge in [0.25, 0.3) is 0 Å². The number of anilines is 1. The molecule has 0 fully saturated rings. The summed E-state index contributed by atoms with van der Waals surface area (Å²) in [7, 11) is 2.02. The maximum absolute atomic E-state index is 13.3. The summed E-state index contributed by atoms with van der Waals surface area (Å²) >= 11 is 0. The van der Waals surface area contributed by atoms with Crippen LogP contribution in [0.25, 0.3) is 0 Å². The largest absolute Gasteiger partial charge is 0.396 e. The van der Waals surface area contributed by atoms with Gasteiger partial charge in [-0.05, 0) is 48.9 Å². The van der Waals surface area contributed by atoms with E-state index in [4.69, 9.17) is 5.73 Å². The molecule has 4 heteroatoms. The molecule has 1 heterocycles. The lowest BCUT2D eigenvalue weighted by Gasteiger charge is -2.16. The van der Waals surface area contributed by atoms with Crippen molar-refractivity contribution in [3.63, 3.8) is 0 Å². The van der Waals surface area contributed by atoms with Crippen LogP contribution >= 0.6 is 0 Å². The third-order valence-electron chi connectivity index (χ3n) is 3.05. The summed E-state index contributed by atoms with van der Waals surface area (Å²) in [6, 6.07) is 8.99. The highest BCUT2D eigenvalue weighted by atomic mass is 19.1. The van der Waals surface area contributed by atoms with Crippen molar-refractivity contribution in [1.29, 1.82) is 0 Å². The molecule has 2 aromatic rings. The number of nitrogens with zero attached hydrogens (tertiary/aromatic N) is 2. The molecule has 0 amide bonds. The molecule has 1 aromatic carbocycles. The van der Waals surface area contributed by atoms with Gasteiger partial charge in [0.1, 0.15) is 5.82 Å². The molecule has 0 radical (unpaired) electrons. The van der Waals surface area contributed by atoms with Gasteiger partial charge in [0.05, 0.1) is 5.69 Å². The van der Waals surface area contributed by atoms with Gasteiger partial charge in [-0.2, -0.15) is 0 Å². The van der Waals surface area contributed by atoms with Gasteiger partial charge in [-0.15, -0.1) is 0 Å². The molecule has 0 aliphatic carbocycles. The first kappa shape index (κ1) is 13.5. The van der Waals surface area contributed by atoms with E-state index in [2.05, 4.69) is 9.88 Å². The maximum Gasteiger partial charge on any atom is 0.146 e. The van der Waals surface area contributed by atoms with Crippen molar-refractivity contribution in [2.45, 2.75) is 13.0 Å². The summed E-state index contributed by atoms with van der Waals surface area (Å²) in [6.45, 7) is 1.62. The molecular weight excluding hydrogens is 241 g/mol. The number of hydrogen-bond acceptors (Lipinski definition) is 3. The average Bonchev–Trinajstić information content (AvgIpc) is 2.42. The minimum atomic E-state index is -0.347. The van der Waals surface area contributed by atoms with Gasteiger partial charge < -0.3 is 10.6 Å². The second-order valence-electron chi connectivity index (χ2n) is 4.70. The van der Waals surface area contributed by atoms with Gasteiger partial charge in [0.2, 0.25) is 0 Å². The Morgan fingerprint density at radius 3 is 2.58 bits per heavy atom. The number of likely N-dealkylation sites (N-methyl/N-ethyl adjacent to an activating group) is 1. The van der Waals surface area contributed by atoms with Gasteiger partial charge in [-0.1, -0.05) is 6.07 Å². The summed E-state index contributed by atoms with van der Waals surface area (Å²) in [5.41, 5.74) is 7.85. The number of rotatable bonds is 5. The molecule has 0 saturated carbocycles. The predicted molar refractivity (Wildman–Crippen MR) is 75.1 cm³/mol. The van der Waals surface area contributed by atoms with Crippen molar-refractivity contribution >= 4 is 5.69 Å². The quantitative estimate of drug-likeness (QED) is 0.839. The van der Waals surface area contributed by atoms with E-state index in [0.717, 1.165) is 18.5 Å². The van der Waals surface area contributed by atoms with Gasteiger partial charge in [0, 0.05) is 25.5 Å². The van der Waals surface area contributed by atoms with Crippen molar-refractivity contribution < 1.29 is 4.39 Å². The van der Waals surface area contributed by atoms with Crippen molar-refractivity contribution in [3.05, 3.63) is 59.7 Å². The lowest BCUT2D eigenvalue weighted by molar-refractivity contribution is 0.330. The second kappa shape index (κ2) is 6.29. The molecule has 3 nitrogen and oxygen atoms in total. The van der Waals surface area contributed by atoms with Crippen LogP contribution in [0, 0.1) is 5.82 Å². The average molecular weight is 259 g/mol. The smallest absolute Gasteiger partial charge is 0.146 e. The van der Waals surface area contributed by atoms with Crippen molar-refractivity contribution in [1.82, 2.24) is 9.88 Å². The standard InChI is InChI=1S/C15H18FN3/c1-19(9-6-12-4-7-18-8-5-12)11-13-2-3-15(17)14(16)10-13/h2-5,7-8,10H,6,9,11,17H2,1H3. The fourth-order valence-corrected chi connectivity index (χ4v) is 1.93. The first-order valence-corrected chi connectivity index (χ1v) is 6.26. The SMILES string of the molecule is CN(CCc1ccncc1)Cc1ccc(N)c(F)c1. The van der Waals surface area contributed by atoms with Crippen LogP contribution in [0.15, 0.2) is 42.7 Å². The molecular formula is C15H18FN3. The number of aromatic nitrogens is 1. The summed E-state index contributed by atoms with van der Waals surface area (Å²) in [5, 5.41) is 0. The molecule has 0 atom stereocenters. The lowest BCUT2D eigenvalue weighted by Crippen LogP contribution is -2.20. The van der Waals surface area contributed by atoms with E-state index in [0.29, 0.717) is 6.54 Å². The van der Waals surface area contributed by atoms with E-state index >= 15 is 0 Å². The minimum Gasteiger partial charge on any atom is -0.396 e. The monoisotopic (exact) mass is 259 g/mol. The number of halogens is 1. The van der Waals surface area contributed by atoms with Crippen LogP contribution in [0.1, 0.15) is 11.1 Å². The van der Waals surface area contributed by atoms with Crippen molar-refractivity contribution in [3.8, 4) is 0 Å². The molecule has 0 spiro atoms. The predicted octanol–water partition coefficient (Wildman–Crippen LogP) is 2.48. The molecule has 0 saturated heterocycles. The Balaban J connectivity index is 1.87. The Morgan fingerprint density at radius 1 is 1.16 bits per heavy atom. The Kier molecular flexibility index (Phi) is 4.47. The Labute approximate surface area is 112 Å². The van der Waals surface area contributed by atoms with E-state index in [-0.39, 0.29) is 11.5 Å². The zero-order valence-electron chi connectivity index (χ0n) is 11.0. The third-order valence-corrected chi connectivity index (χ3v) is 3.05. The Hall–Kier alpha value is -1.94.